The summed E-state index contributed by atoms with van der Waals surface area (Å²) in [5.41, 5.74) is 7.27. The molecule has 1 aliphatic rings. The number of hydrogen-bond donors (Lipinski definition) is 1. The molecule has 0 saturated carbocycles. The number of nitrogens with two attached hydrogens (primary N) is 1. The highest BCUT2D eigenvalue weighted by Gasteiger charge is 2.32. The number of halogens is 1. The predicted molar refractivity (Wildman–Crippen MR) is 56.9 cm³/mol. The Morgan fingerprint density at radius 1 is 1.50 bits per heavy atom. The summed E-state index contributed by atoms with van der Waals surface area (Å²) in [4.78, 5) is 0. The molecule has 0 unspecified atom stereocenters. The number of sulfonamides is 1. The van der Waals surface area contributed by atoms with Gasteiger partial charge in [0.25, 0.3) is 0 Å². The molecule has 76 valence electrons. The minimum absolute atomic E-state index is 0.0643. The van der Waals surface area contributed by atoms with E-state index in [0.29, 0.717) is 22.0 Å². The Kier molecular flexibility index (Phi) is 1.90. The van der Waals surface area contributed by atoms with Crippen LogP contribution in [0.2, 0.25) is 5.02 Å². The van der Waals surface area contributed by atoms with E-state index in [-0.39, 0.29) is 5.75 Å². The Bertz CT molecular complexity index is 498. The van der Waals surface area contributed by atoms with Gasteiger partial charge in [0.1, 0.15) is 0 Å². The van der Waals surface area contributed by atoms with Gasteiger partial charge in [0.15, 0.2) is 0 Å². The SMILES string of the molecule is CN1c2ccc(Cl)c(N)c2CS1(=O)=O. The summed E-state index contributed by atoms with van der Waals surface area (Å²) in [5, 5.41) is 0.397. The van der Waals surface area contributed by atoms with Gasteiger partial charge in [0.2, 0.25) is 10.0 Å². The van der Waals surface area contributed by atoms with Gasteiger partial charge >= 0.3 is 0 Å². The van der Waals surface area contributed by atoms with Crippen molar-refractivity contribution < 1.29 is 8.42 Å². The molecular formula is C8H9ClN2O2S. The fraction of sp³-hybridized carbons (Fsp3) is 0.250. The smallest absolute Gasteiger partial charge is 0.239 e. The van der Waals surface area contributed by atoms with Gasteiger partial charge in [0, 0.05) is 12.6 Å². The molecule has 6 heteroatoms. The topological polar surface area (TPSA) is 63.4 Å². The Hall–Kier alpha value is -0.940. The van der Waals surface area contributed by atoms with Crippen LogP contribution in [0.4, 0.5) is 11.4 Å². The maximum atomic E-state index is 11.5. The molecule has 2 rings (SSSR count). The molecule has 0 aromatic heterocycles. The van der Waals surface area contributed by atoms with Crippen molar-refractivity contribution in [3.05, 3.63) is 22.7 Å². The van der Waals surface area contributed by atoms with E-state index in [1.807, 2.05) is 0 Å². The largest absolute Gasteiger partial charge is 0.397 e. The zero-order chi connectivity index (χ0) is 10.5. The van der Waals surface area contributed by atoms with Gasteiger partial charge < -0.3 is 5.73 Å². The van der Waals surface area contributed by atoms with Crippen LogP contribution in [0.1, 0.15) is 5.56 Å². The second-order valence-electron chi connectivity index (χ2n) is 3.18. The molecule has 0 fully saturated rings. The molecule has 0 saturated heterocycles. The highest BCUT2D eigenvalue weighted by Crippen LogP contribution is 2.38. The molecule has 2 N–H and O–H groups in total. The van der Waals surface area contributed by atoms with Crippen molar-refractivity contribution in [1.82, 2.24) is 0 Å². The molecule has 4 nitrogen and oxygen atoms in total. The second kappa shape index (κ2) is 2.77. The minimum Gasteiger partial charge on any atom is -0.397 e. The molecule has 14 heavy (non-hydrogen) atoms. The molecule has 0 amide bonds. The Morgan fingerprint density at radius 3 is 2.79 bits per heavy atom. The van der Waals surface area contributed by atoms with Gasteiger partial charge in [-0.15, -0.1) is 0 Å². The van der Waals surface area contributed by atoms with Crippen LogP contribution in [0.25, 0.3) is 0 Å². The fourth-order valence-electron chi connectivity index (χ4n) is 1.50. The standard InChI is InChI=1S/C8H9ClN2O2S/c1-11-7-3-2-6(9)8(10)5(7)4-14(11,12)13/h2-3H,4,10H2,1H3. The van der Waals surface area contributed by atoms with Crippen molar-refractivity contribution in [2.45, 2.75) is 5.75 Å². The maximum absolute atomic E-state index is 11.5. The molecule has 0 aliphatic carbocycles. The quantitative estimate of drug-likeness (QED) is 0.684. The van der Waals surface area contributed by atoms with E-state index in [1.165, 1.54) is 11.4 Å². The molecule has 0 bridgehead atoms. The van der Waals surface area contributed by atoms with Gasteiger partial charge in [-0.2, -0.15) is 0 Å². The summed E-state index contributed by atoms with van der Waals surface area (Å²) in [5.74, 6) is -0.0643. The van der Waals surface area contributed by atoms with Crippen LogP contribution in [-0.4, -0.2) is 15.5 Å². The molecule has 1 heterocycles. The number of nitrogen functional groups attached to an aromatic ring is 1. The maximum Gasteiger partial charge on any atom is 0.239 e. The number of anilines is 2. The number of fused-ring (bicyclic) bond motifs is 1. The third-order valence-corrected chi connectivity index (χ3v) is 4.38. The van der Waals surface area contributed by atoms with Gasteiger partial charge in [0.05, 0.1) is 22.2 Å². The lowest BCUT2D eigenvalue weighted by Crippen LogP contribution is -2.20. The Labute approximate surface area is 87.3 Å². The van der Waals surface area contributed by atoms with E-state index in [4.69, 9.17) is 17.3 Å². The first-order valence-corrected chi connectivity index (χ1v) is 5.95. The highest BCUT2D eigenvalue weighted by molar-refractivity contribution is 7.92. The van der Waals surface area contributed by atoms with E-state index < -0.39 is 10.0 Å². The van der Waals surface area contributed by atoms with Crippen molar-refractivity contribution >= 4 is 33.0 Å². The van der Waals surface area contributed by atoms with Crippen LogP contribution in [-0.2, 0) is 15.8 Å². The number of benzene rings is 1. The van der Waals surface area contributed by atoms with Crippen LogP contribution in [0.3, 0.4) is 0 Å². The van der Waals surface area contributed by atoms with E-state index in [9.17, 15) is 8.42 Å². The third kappa shape index (κ3) is 1.16. The summed E-state index contributed by atoms with van der Waals surface area (Å²) in [6.07, 6.45) is 0. The number of nitrogens with zero attached hydrogens (tertiary/aromatic N) is 1. The van der Waals surface area contributed by atoms with Crippen LogP contribution in [0, 0.1) is 0 Å². The average molecular weight is 233 g/mol. The van der Waals surface area contributed by atoms with Gasteiger partial charge in [-0.25, -0.2) is 8.42 Å². The molecule has 0 atom stereocenters. The molecule has 0 spiro atoms. The van der Waals surface area contributed by atoms with E-state index >= 15 is 0 Å². The van der Waals surface area contributed by atoms with E-state index in [2.05, 4.69) is 0 Å². The van der Waals surface area contributed by atoms with E-state index in [1.54, 1.807) is 12.1 Å². The lowest BCUT2D eigenvalue weighted by molar-refractivity contribution is 0.596. The van der Waals surface area contributed by atoms with Gasteiger partial charge in [-0.1, -0.05) is 11.6 Å². The van der Waals surface area contributed by atoms with Crippen molar-refractivity contribution in [2.24, 2.45) is 0 Å². The highest BCUT2D eigenvalue weighted by atomic mass is 35.5. The van der Waals surface area contributed by atoms with Crippen molar-refractivity contribution in [2.75, 3.05) is 17.1 Å². The summed E-state index contributed by atoms with van der Waals surface area (Å²) in [6.45, 7) is 0. The molecular weight excluding hydrogens is 224 g/mol. The summed E-state index contributed by atoms with van der Waals surface area (Å²) in [7, 11) is -1.72. The zero-order valence-corrected chi connectivity index (χ0v) is 9.06. The first-order chi connectivity index (χ1) is 6.43. The first-order valence-electron chi connectivity index (χ1n) is 3.97. The Morgan fingerprint density at radius 2 is 2.14 bits per heavy atom. The van der Waals surface area contributed by atoms with Crippen LogP contribution in [0.5, 0.6) is 0 Å². The lowest BCUT2D eigenvalue weighted by atomic mass is 10.1. The summed E-state index contributed by atoms with van der Waals surface area (Å²) >= 11 is 5.79. The minimum atomic E-state index is -3.23. The average Bonchev–Trinajstić information content (AvgIpc) is 2.33. The molecule has 1 aliphatic heterocycles. The first kappa shape index (κ1) is 9.61. The molecule has 0 radical (unpaired) electrons. The number of rotatable bonds is 0. The third-order valence-electron chi connectivity index (χ3n) is 2.36. The Balaban J connectivity index is 2.71. The monoisotopic (exact) mass is 232 g/mol. The second-order valence-corrected chi connectivity index (χ2v) is 5.59. The van der Waals surface area contributed by atoms with Crippen LogP contribution in [0.15, 0.2) is 12.1 Å². The van der Waals surface area contributed by atoms with Gasteiger partial charge in [-0.05, 0) is 12.1 Å². The van der Waals surface area contributed by atoms with Crippen molar-refractivity contribution in [1.29, 1.82) is 0 Å². The van der Waals surface area contributed by atoms with Crippen LogP contribution >= 0.6 is 11.6 Å². The number of hydrogen-bond acceptors (Lipinski definition) is 3. The predicted octanol–water partition coefficient (Wildman–Crippen LogP) is 1.20. The van der Waals surface area contributed by atoms with Gasteiger partial charge in [-0.3, -0.25) is 4.31 Å². The van der Waals surface area contributed by atoms with Crippen molar-refractivity contribution in [3.8, 4) is 0 Å². The van der Waals surface area contributed by atoms with E-state index in [0.717, 1.165) is 0 Å². The summed E-state index contributed by atoms with van der Waals surface area (Å²) in [6, 6.07) is 3.27. The fourth-order valence-corrected chi connectivity index (χ4v) is 3.01. The zero-order valence-electron chi connectivity index (χ0n) is 7.49. The molecule has 1 aromatic rings. The normalized spacial score (nSPS) is 18.3. The summed E-state index contributed by atoms with van der Waals surface area (Å²) < 4.78 is 24.2. The van der Waals surface area contributed by atoms with Crippen molar-refractivity contribution in [3.63, 3.8) is 0 Å². The van der Waals surface area contributed by atoms with Crippen LogP contribution < -0.4 is 10.0 Å². The molecule has 1 aromatic carbocycles. The lowest BCUT2D eigenvalue weighted by Gasteiger charge is -2.11.